The van der Waals surface area contributed by atoms with Gasteiger partial charge in [0.1, 0.15) is 0 Å². The van der Waals surface area contributed by atoms with Gasteiger partial charge in [0.25, 0.3) is 0 Å². The Labute approximate surface area is 126 Å². The van der Waals surface area contributed by atoms with E-state index in [0.29, 0.717) is 0 Å². The maximum absolute atomic E-state index is 12.2. The number of hydrogen-bond donors (Lipinski definition) is 0. The van der Waals surface area contributed by atoms with Crippen LogP contribution in [-0.4, -0.2) is 15.7 Å². The number of Topliss-reactive ketones (excluding diaryl/α,β-unsaturated/α-hetero) is 1. The SMILES string of the molecule is Cc1cc(C(=O)C(C)Cl)c(C)n1CC1CC2CCC1C2. The average molecular weight is 294 g/mol. The number of aromatic nitrogens is 1. The number of fused-ring (bicyclic) bond motifs is 2. The predicted molar refractivity (Wildman–Crippen MR) is 82.5 cm³/mol. The largest absolute Gasteiger partial charge is 0.348 e. The minimum Gasteiger partial charge on any atom is -0.348 e. The first-order valence-corrected chi connectivity index (χ1v) is 8.26. The Kier molecular flexibility index (Phi) is 3.70. The summed E-state index contributed by atoms with van der Waals surface area (Å²) in [6.45, 7) is 7.01. The zero-order chi connectivity index (χ0) is 14.4. The number of carbonyl (C=O) groups excluding carboxylic acids is 1. The predicted octanol–water partition coefficient (Wildman–Crippen LogP) is 4.35. The summed E-state index contributed by atoms with van der Waals surface area (Å²) in [4.78, 5) is 12.2. The van der Waals surface area contributed by atoms with E-state index in [9.17, 15) is 4.79 Å². The van der Waals surface area contributed by atoms with Gasteiger partial charge in [0.2, 0.25) is 0 Å². The molecule has 1 heterocycles. The molecule has 1 aromatic rings. The molecule has 0 N–H and O–H groups in total. The molecular weight excluding hydrogens is 270 g/mol. The third-order valence-electron chi connectivity index (χ3n) is 5.50. The highest BCUT2D eigenvalue weighted by Gasteiger charge is 2.39. The fraction of sp³-hybridized carbons (Fsp3) is 0.706. The van der Waals surface area contributed by atoms with Gasteiger partial charge in [-0.15, -0.1) is 11.6 Å². The standard InChI is InChI=1S/C17H24ClNO/c1-10-6-16(17(20)11(2)18)12(3)19(10)9-15-8-13-4-5-14(15)7-13/h6,11,13-15H,4-5,7-9H2,1-3H3. The lowest BCUT2D eigenvalue weighted by Crippen LogP contribution is -2.19. The van der Waals surface area contributed by atoms with Gasteiger partial charge in [0.15, 0.2) is 5.78 Å². The monoisotopic (exact) mass is 293 g/mol. The Morgan fingerprint density at radius 2 is 2.15 bits per heavy atom. The first-order chi connectivity index (χ1) is 9.47. The molecule has 2 saturated carbocycles. The molecule has 2 fully saturated rings. The Morgan fingerprint density at radius 3 is 2.70 bits per heavy atom. The summed E-state index contributed by atoms with van der Waals surface area (Å²) >= 11 is 5.96. The van der Waals surface area contributed by atoms with Crippen molar-refractivity contribution in [3.63, 3.8) is 0 Å². The van der Waals surface area contributed by atoms with Crippen molar-refractivity contribution in [1.29, 1.82) is 0 Å². The summed E-state index contributed by atoms with van der Waals surface area (Å²) in [5.41, 5.74) is 3.11. The van der Waals surface area contributed by atoms with E-state index in [1.54, 1.807) is 6.92 Å². The lowest BCUT2D eigenvalue weighted by molar-refractivity contribution is 0.0991. The van der Waals surface area contributed by atoms with Crippen molar-refractivity contribution >= 4 is 17.4 Å². The van der Waals surface area contributed by atoms with E-state index in [-0.39, 0.29) is 5.78 Å². The topological polar surface area (TPSA) is 22.0 Å². The van der Waals surface area contributed by atoms with Gasteiger partial charge in [-0.1, -0.05) is 6.42 Å². The maximum Gasteiger partial charge on any atom is 0.182 e. The number of ketones is 1. The number of carbonyl (C=O) groups is 1. The zero-order valence-electron chi connectivity index (χ0n) is 12.7. The second-order valence-corrected chi connectivity index (χ2v) is 7.47. The van der Waals surface area contributed by atoms with Crippen LogP contribution in [0.15, 0.2) is 6.07 Å². The highest BCUT2D eigenvalue weighted by molar-refractivity contribution is 6.33. The molecule has 3 rings (SSSR count). The zero-order valence-corrected chi connectivity index (χ0v) is 13.4. The Morgan fingerprint density at radius 1 is 1.40 bits per heavy atom. The highest BCUT2D eigenvalue weighted by Crippen LogP contribution is 2.49. The van der Waals surface area contributed by atoms with Crippen molar-refractivity contribution in [1.82, 2.24) is 4.57 Å². The molecule has 20 heavy (non-hydrogen) atoms. The van der Waals surface area contributed by atoms with Gasteiger partial charge in [-0.3, -0.25) is 4.79 Å². The van der Waals surface area contributed by atoms with Gasteiger partial charge in [0.05, 0.1) is 5.38 Å². The van der Waals surface area contributed by atoms with Crippen LogP contribution in [0.5, 0.6) is 0 Å². The molecule has 0 amide bonds. The minimum atomic E-state index is -0.438. The normalized spacial score (nSPS) is 29.9. The summed E-state index contributed by atoms with van der Waals surface area (Å²) in [5, 5.41) is -0.438. The van der Waals surface area contributed by atoms with Crippen LogP contribution >= 0.6 is 11.6 Å². The summed E-state index contributed by atoms with van der Waals surface area (Å²) in [6.07, 6.45) is 5.68. The molecule has 2 aliphatic rings. The smallest absolute Gasteiger partial charge is 0.182 e. The first-order valence-electron chi connectivity index (χ1n) is 7.82. The van der Waals surface area contributed by atoms with Crippen LogP contribution in [0.3, 0.4) is 0 Å². The summed E-state index contributed by atoms with van der Waals surface area (Å²) in [5.74, 6) is 2.77. The molecule has 1 aromatic heterocycles. The fourth-order valence-corrected chi connectivity index (χ4v) is 4.50. The summed E-state index contributed by atoms with van der Waals surface area (Å²) in [6, 6.07) is 2.02. The van der Waals surface area contributed by atoms with Crippen LogP contribution in [-0.2, 0) is 6.54 Å². The molecule has 2 aliphatic carbocycles. The molecule has 3 heteroatoms. The third-order valence-corrected chi connectivity index (χ3v) is 5.70. The van der Waals surface area contributed by atoms with E-state index in [0.717, 1.165) is 35.6 Å². The molecule has 2 bridgehead atoms. The molecule has 0 aromatic carbocycles. The van der Waals surface area contributed by atoms with Gasteiger partial charge < -0.3 is 4.57 Å². The number of rotatable bonds is 4. The second kappa shape index (κ2) is 5.22. The van der Waals surface area contributed by atoms with Gasteiger partial charge in [-0.25, -0.2) is 0 Å². The van der Waals surface area contributed by atoms with Crippen molar-refractivity contribution in [2.24, 2.45) is 17.8 Å². The van der Waals surface area contributed by atoms with E-state index in [1.165, 1.54) is 31.4 Å². The van der Waals surface area contributed by atoms with E-state index in [4.69, 9.17) is 11.6 Å². The van der Waals surface area contributed by atoms with E-state index in [1.807, 2.05) is 6.07 Å². The lowest BCUT2D eigenvalue weighted by atomic mass is 9.88. The van der Waals surface area contributed by atoms with E-state index in [2.05, 4.69) is 18.4 Å². The van der Waals surface area contributed by atoms with Gasteiger partial charge in [0, 0.05) is 23.5 Å². The van der Waals surface area contributed by atoms with Crippen LogP contribution in [0.4, 0.5) is 0 Å². The quantitative estimate of drug-likeness (QED) is 0.597. The van der Waals surface area contributed by atoms with Crippen molar-refractivity contribution in [2.75, 3.05) is 0 Å². The summed E-state index contributed by atoms with van der Waals surface area (Å²) in [7, 11) is 0. The Bertz CT molecular complexity index is 531. The van der Waals surface area contributed by atoms with Crippen molar-refractivity contribution < 1.29 is 4.79 Å². The van der Waals surface area contributed by atoms with E-state index < -0.39 is 5.38 Å². The average Bonchev–Trinajstić information content (AvgIpc) is 3.08. The molecule has 0 aliphatic heterocycles. The molecule has 4 atom stereocenters. The second-order valence-electron chi connectivity index (χ2n) is 6.81. The van der Waals surface area contributed by atoms with Crippen LogP contribution in [0.25, 0.3) is 0 Å². The van der Waals surface area contributed by atoms with Gasteiger partial charge in [-0.05, 0) is 63.9 Å². The molecule has 0 radical (unpaired) electrons. The third kappa shape index (κ3) is 2.32. The summed E-state index contributed by atoms with van der Waals surface area (Å²) < 4.78 is 2.35. The first kappa shape index (κ1) is 14.2. The van der Waals surface area contributed by atoms with Gasteiger partial charge in [-0.2, -0.15) is 0 Å². The maximum atomic E-state index is 12.2. The Hall–Kier alpha value is -0.760. The van der Waals surface area contributed by atoms with Crippen molar-refractivity contribution in [3.8, 4) is 0 Å². The molecule has 0 spiro atoms. The Balaban J connectivity index is 1.82. The molecular formula is C17H24ClNO. The fourth-order valence-electron chi connectivity index (χ4n) is 4.38. The minimum absolute atomic E-state index is 0.0546. The van der Waals surface area contributed by atoms with Crippen LogP contribution in [0.2, 0.25) is 0 Å². The number of halogens is 1. The number of nitrogens with zero attached hydrogens (tertiary/aromatic N) is 1. The molecule has 4 unspecified atom stereocenters. The van der Waals surface area contributed by atoms with Crippen LogP contribution in [0.1, 0.15) is 54.4 Å². The van der Waals surface area contributed by atoms with Crippen LogP contribution in [0, 0.1) is 31.6 Å². The molecule has 2 nitrogen and oxygen atoms in total. The molecule has 110 valence electrons. The molecule has 0 saturated heterocycles. The van der Waals surface area contributed by atoms with Crippen molar-refractivity contribution in [3.05, 3.63) is 23.0 Å². The lowest BCUT2D eigenvalue weighted by Gasteiger charge is -2.24. The van der Waals surface area contributed by atoms with Crippen molar-refractivity contribution in [2.45, 2.75) is 58.4 Å². The van der Waals surface area contributed by atoms with Crippen LogP contribution < -0.4 is 0 Å². The van der Waals surface area contributed by atoms with E-state index >= 15 is 0 Å². The number of aryl methyl sites for hydroxylation is 1. The van der Waals surface area contributed by atoms with Gasteiger partial charge >= 0.3 is 0 Å². The highest BCUT2D eigenvalue weighted by atomic mass is 35.5. The number of hydrogen-bond acceptors (Lipinski definition) is 1. The number of alkyl halides is 1.